The number of nitrogens with two attached hydrogens (primary N) is 1. The second-order valence-electron chi connectivity index (χ2n) is 7.75. The number of nitrogens with one attached hydrogen (secondary N) is 2. The molecule has 5 N–H and O–H groups in total. The molecule has 0 aliphatic carbocycles. The van der Waals surface area contributed by atoms with Crippen molar-refractivity contribution in [3.63, 3.8) is 0 Å². The molecule has 0 spiro atoms. The zero-order valence-electron chi connectivity index (χ0n) is 18.4. The van der Waals surface area contributed by atoms with Crippen LogP contribution in [0.4, 0.5) is 5.82 Å². The Morgan fingerprint density at radius 3 is 2.65 bits per heavy atom. The van der Waals surface area contributed by atoms with E-state index in [0.717, 1.165) is 23.3 Å². The lowest BCUT2D eigenvalue weighted by molar-refractivity contribution is 0.0947. The van der Waals surface area contributed by atoms with Gasteiger partial charge in [-0.25, -0.2) is 4.98 Å². The first-order chi connectivity index (χ1) is 14.9. The van der Waals surface area contributed by atoms with Gasteiger partial charge in [0.15, 0.2) is 11.5 Å². The minimum atomic E-state index is -0.183. The Morgan fingerprint density at radius 1 is 1.23 bits per heavy atom. The molecule has 1 atom stereocenters. The summed E-state index contributed by atoms with van der Waals surface area (Å²) in [5.41, 5.74) is 9.74. The zero-order valence-corrected chi connectivity index (χ0v) is 18.4. The Labute approximate surface area is 184 Å². The van der Waals surface area contributed by atoms with Gasteiger partial charge < -0.3 is 26.0 Å². The normalized spacial score (nSPS) is 11.8. The maximum absolute atomic E-state index is 12.9. The van der Waals surface area contributed by atoms with E-state index in [1.54, 1.807) is 6.07 Å². The molecule has 162 valence electrons. The number of aromatic nitrogens is 2. The molecule has 0 bridgehead atoms. The number of benzene rings is 2. The van der Waals surface area contributed by atoms with Gasteiger partial charge in [-0.15, -0.1) is 0 Å². The number of nitrogens with zero attached hydrogens (tertiary/aromatic N) is 2. The van der Waals surface area contributed by atoms with Gasteiger partial charge in [0.25, 0.3) is 5.91 Å². The Kier molecular flexibility index (Phi) is 7.36. The second-order valence-corrected chi connectivity index (χ2v) is 7.75. The van der Waals surface area contributed by atoms with E-state index in [9.17, 15) is 9.90 Å². The van der Waals surface area contributed by atoms with E-state index < -0.39 is 0 Å². The average molecular weight is 419 g/mol. The number of imidazole rings is 1. The number of aromatic hydroxyl groups is 1. The van der Waals surface area contributed by atoms with E-state index in [4.69, 9.17) is 5.73 Å². The zero-order chi connectivity index (χ0) is 22.4. The molecule has 0 aliphatic heterocycles. The number of amides is 1. The first kappa shape index (κ1) is 22.4. The third kappa shape index (κ3) is 5.67. The van der Waals surface area contributed by atoms with Crippen LogP contribution in [0.5, 0.6) is 5.75 Å². The molecule has 0 saturated carbocycles. The fourth-order valence-corrected chi connectivity index (χ4v) is 3.57. The van der Waals surface area contributed by atoms with Gasteiger partial charge in [-0.1, -0.05) is 42.5 Å². The van der Waals surface area contributed by atoms with Crippen molar-refractivity contribution in [1.82, 2.24) is 14.9 Å². The summed E-state index contributed by atoms with van der Waals surface area (Å²) in [4.78, 5) is 17.5. The van der Waals surface area contributed by atoms with Crippen LogP contribution in [0.1, 0.15) is 34.4 Å². The number of phenols is 1. The summed E-state index contributed by atoms with van der Waals surface area (Å²) in [5, 5.41) is 16.0. The predicted molar refractivity (Wildman–Crippen MR) is 127 cm³/mol. The Morgan fingerprint density at radius 2 is 1.97 bits per heavy atom. The summed E-state index contributed by atoms with van der Waals surface area (Å²) in [5.74, 6) is 1.33. The standard InChI is InChI=1S/C23H30BN5O2/c1-3-26-23(31)21-22(27-13-18(25)11-16-7-5-4-6-8-16)28-15(2)29(21)14-17-9-10-20(30)19(24)12-17/h4-10,12,18,27,30H,3,11,13-14,24-25H2,1-2H3,(H,26,31)/t18-/m1/s1. The Hall–Kier alpha value is -3.26. The highest BCUT2D eigenvalue weighted by Gasteiger charge is 2.22. The number of carbonyl (C=O) groups is 1. The van der Waals surface area contributed by atoms with Crippen LogP contribution < -0.4 is 21.8 Å². The van der Waals surface area contributed by atoms with Gasteiger partial charge >= 0.3 is 0 Å². The molecule has 0 aliphatic rings. The molecular weight excluding hydrogens is 389 g/mol. The highest BCUT2D eigenvalue weighted by atomic mass is 16.3. The lowest BCUT2D eigenvalue weighted by Crippen LogP contribution is -2.32. The van der Waals surface area contributed by atoms with E-state index >= 15 is 0 Å². The van der Waals surface area contributed by atoms with Gasteiger partial charge in [0.1, 0.15) is 19.4 Å². The second kappa shape index (κ2) is 10.2. The van der Waals surface area contributed by atoms with Crippen LogP contribution in [0, 0.1) is 6.92 Å². The monoisotopic (exact) mass is 419 g/mol. The number of aryl methyl sites for hydroxylation is 1. The summed E-state index contributed by atoms with van der Waals surface area (Å²) in [6, 6.07) is 15.4. The van der Waals surface area contributed by atoms with Gasteiger partial charge in [-0.2, -0.15) is 0 Å². The maximum atomic E-state index is 12.9. The van der Waals surface area contributed by atoms with Gasteiger partial charge in [0, 0.05) is 25.7 Å². The van der Waals surface area contributed by atoms with E-state index in [1.165, 1.54) is 5.56 Å². The van der Waals surface area contributed by atoms with Gasteiger partial charge in [0.05, 0.1) is 0 Å². The molecule has 0 unspecified atom stereocenters. The van der Waals surface area contributed by atoms with Gasteiger partial charge in [-0.05, 0) is 42.9 Å². The van der Waals surface area contributed by atoms with Crippen molar-refractivity contribution in [2.75, 3.05) is 18.4 Å². The molecule has 1 heterocycles. The summed E-state index contributed by atoms with van der Waals surface area (Å²) in [6.45, 7) is 5.26. The van der Waals surface area contributed by atoms with E-state index in [1.807, 2.05) is 56.6 Å². The first-order valence-electron chi connectivity index (χ1n) is 10.6. The lowest BCUT2D eigenvalue weighted by Gasteiger charge is -2.15. The SMILES string of the molecule is Bc1cc(Cn2c(C)nc(NC[C@H](N)Cc3ccccc3)c2C(=O)NCC)ccc1O. The van der Waals surface area contributed by atoms with Crippen LogP contribution in [0.2, 0.25) is 0 Å². The van der Waals surface area contributed by atoms with Crippen LogP contribution in [0.15, 0.2) is 48.5 Å². The molecule has 3 aromatic rings. The molecule has 2 aromatic carbocycles. The molecule has 1 amide bonds. The van der Waals surface area contributed by atoms with Gasteiger partial charge in [-0.3, -0.25) is 4.79 Å². The molecule has 3 rings (SSSR count). The van der Waals surface area contributed by atoms with E-state index in [0.29, 0.717) is 31.1 Å². The smallest absolute Gasteiger partial charge is 0.271 e. The highest BCUT2D eigenvalue weighted by molar-refractivity contribution is 6.34. The number of rotatable bonds is 9. The van der Waals surface area contributed by atoms with Crippen molar-refractivity contribution < 1.29 is 9.90 Å². The fraction of sp³-hybridized carbons (Fsp3) is 0.304. The summed E-state index contributed by atoms with van der Waals surface area (Å²) >= 11 is 0. The summed E-state index contributed by atoms with van der Waals surface area (Å²) in [6.07, 6.45) is 0.733. The molecule has 0 radical (unpaired) electrons. The van der Waals surface area contributed by atoms with Crippen molar-refractivity contribution in [3.8, 4) is 5.75 Å². The molecular formula is C23H30BN5O2. The molecule has 0 saturated heterocycles. The maximum Gasteiger partial charge on any atom is 0.271 e. The average Bonchev–Trinajstić information content (AvgIpc) is 3.05. The minimum Gasteiger partial charge on any atom is -0.509 e. The molecule has 1 aromatic heterocycles. The first-order valence-corrected chi connectivity index (χ1v) is 10.6. The van der Waals surface area contributed by atoms with E-state index in [2.05, 4.69) is 27.8 Å². The summed E-state index contributed by atoms with van der Waals surface area (Å²) in [7, 11) is 1.85. The van der Waals surface area contributed by atoms with Crippen molar-refractivity contribution in [3.05, 3.63) is 71.2 Å². The number of phenolic OH excluding ortho intramolecular Hbond substituents is 1. The van der Waals surface area contributed by atoms with Crippen molar-refractivity contribution >= 4 is 25.0 Å². The Bertz CT molecular complexity index is 1040. The van der Waals surface area contributed by atoms with Crippen molar-refractivity contribution in [1.29, 1.82) is 0 Å². The molecule has 31 heavy (non-hydrogen) atoms. The Balaban J connectivity index is 1.81. The lowest BCUT2D eigenvalue weighted by atomic mass is 9.93. The quantitative estimate of drug-likeness (QED) is 0.387. The molecule has 8 heteroatoms. The topological polar surface area (TPSA) is 105 Å². The predicted octanol–water partition coefficient (Wildman–Crippen LogP) is 0.935. The van der Waals surface area contributed by atoms with E-state index in [-0.39, 0.29) is 17.7 Å². The number of hydrogen-bond acceptors (Lipinski definition) is 5. The van der Waals surface area contributed by atoms with Crippen LogP contribution in [0.3, 0.4) is 0 Å². The molecule has 7 nitrogen and oxygen atoms in total. The highest BCUT2D eigenvalue weighted by Crippen LogP contribution is 2.20. The van der Waals surface area contributed by atoms with Crippen LogP contribution in [-0.4, -0.2) is 47.5 Å². The minimum absolute atomic E-state index is 0.116. The number of carbonyl (C=O) groups excluding carboxylic acids is 1. The third-order valence-corrected chi connectivity index (χ3v) is 5.19. The number of hydrogen-bond donors (Lipinski definition) is 4. The largest absolute Gasteiger partial charge is 0.509 e. The van der Waals surface area contributed by atoms with Crippen molar-refractivity contribution in [2.24, 2.45) is 5.73 Å². The molecule has 0 fully saturated rings. The van der Waals surface area contributed by atoms with Gasteiger partial charge in [0.2, 0.25) is 0 Å². The fourth-order valence-electron chi connectivity index (χ4n) is 3.57. The number of anilines is 1. The third-order valence-electron chi connectivity index (χ3n) is 5.19. The van der Waals surface area contributed by atoms with Crippen molar-refractivity contribution in [2.45, 2.75) is 32.9 Å². The van der Waals surface area contributed by atoms with Crippen LogP contribution >= 0.6 is 0 Å². The summed E-state index contributed by atoms with van der Waals surface area (Å²) < 4.78 is 1.89. The van der Waals surface area contributed by atoms with Crippen LogP contribution in [0.25, 0.3) is 0 Å². The van der Waals surface area contributed by atoms with Crippen LogP contribution in [-0.2, 0) is 13.0 Å².